The highest BCUT2D eigenvalue weighted by atomic mass is 16.4. The molecule has 0 saturated carbocycles. The molecule has 1 aromatic rings. The lowest BCUT2D eigenvalue weighted by atomic mass is 9.79. The number of hydrogen-bond donors (Lipinski definition) is 2. The first-order valence-corrected chi connectivity index (χ1v) is 6.10. The Morgan fingerprint density at radius 3 is 2.68 bits per heavy atom. The van der Waals surface area contributed by atoms with Crippen LogP contribution in [0.5, 0.6) is 0 Å². The fraction of sp³-hybridized carbons (Fsp3) is 0.500. The Morgan fingerprint density at radius 1 is 1.47 bits per heavy atom. The minimum atomic E-state index is -0.353. The average molecular weight is 263 g/mol. The van der Waals surface area contributed by atoms with Gasteiger partial charge in [0, 0.05) is 30.9 Å². The smallest absolute Gasteiger partial charge is 0.274 e. The number of rotatable bonds is 2. The molecule has 2 heterocycles. The van der Waals surface area contributed by atoms with E-state index in [2.05, 4.69) is 15.1 Å². The van der Waals surface area contributed by atoms with E-state index in [1.165, 1.54) is 18.6 Å². The third-order valence-corrected chi connectivity index (χ3v) is 3.66. The van der Waals surface area contributed by atoms with Gasteiger partial charge in [0.25, 0.3) is 5.91 Å². The third kappa shape index (κ3) is 2.64. The van der Waals surface area contributed by atoms with E-state index in [4.69, 9.17) is 10.9 Å². The zero-order valence-electron chi connectivity index (χ0n) is 10.8. The summed E-state index contributed by atoms with van der Waals surface area (Å²) >= 11 is 0. The van der Waals surface area contributed by atoms with Crippen LogP contribution in [0.25, 0.3) is 0 Å². The summed E-state index contributed by atoms with van der Waals surface area (Å²) in [5.74, 6) is 0.0914. The van der Waals surface area contributed by atoms with E-state index >= 15 is 0 Å². The highest BCUT2D eigenvalue weighted by molar-refractivity contribution is 5.92. The number of nitrogens with zero attached hydrogens (tertiary/aromatic N) is 4. The molecule has 1 fully saturated rings. The molecule has 3 N–H and O–H groups in total. The van der Waals surface area contributed by atoms with Gasteiger partial charge in [0.1, 0.15) is 11.5 Å². The molecule has 0 unspecified atom stereocenters. The largest absolute Gasteiger partial charge is 0.409 e. The molecule has 1 saturated heterocycles. The van der Waals surface area contributed by atoms with Crippen LogP contribution in [0.4, 0.5) is 0 Å². The summed E-state index contributed by atoms with van der Waals surface area (Å²) in [7, 11) is 0. The van der Waals surface area contributed by atoms with Gasteiger partial charge in [0.05, 0.1) is 6.20 Å². The van der Waals surface area contributed by atoms with Crippen LogP contribution in [0.3, 0.4) is 0 Å². The summed E-state index contributed by atoms with van der Waals surface area (Å²) in [6.45, 7) is 3.05. The summed E-state index contributed by atoms with van der Waals surface area (Å²) < 4.78 is 0. The van der Waals surface area contributed by atoms with E-state index < -0.39 is 0 Å². The van der Waals surface area contributed by atoms with Crippen molar-refractivity contribution in [2.75, 3.05) is 13.1 Å². The van der Waals surface area contributed by atoms with Crippen LogP contribution in [-0.2, 0) is 0 Å². The number of oxime groups is 1. The molecule has 0 spiro atoms. The molecule has 102 valence electrons. The van der Waals surface area contributed by atoms with Gasteiger partial charge in [-0.1, -0.05) is 12.1 Å². The fourth-order valence-corrected chi connectivity index (χ4v) is 2.15. The first-order chi connectivity index (χ1) is 9.07. The van der Waals surface area contributed by atoms with Gasteiger partial charge in [-0.2, -0.15) is 0 Å². The average Bonchev–Trinajstić information content (AvgIpc) is 2.47. The first-order valence-electron chi connectivity index (χ1n) is 6.10. The molecule has 0 atom stereocenters. The number of aromatic nitrogens is 2. The second kappa shape index (κ2) is 5.21. The molecule has 1 amide bonds. The van der Waals surface area contributed by atoms with E-state index in [0.717, 1.165) is 0 Å². The minimum absolute atomic E-state index is 0.130. The number of nitrogens with two attached hydrogens (primary N) is 1. The van der Waals surface area contributed by atoms with E-state index in [1.54, 1.807) is 4.90 Å². The number of carbonyl (C=O) groups excluding carboxylic acids is 1. The predicted molar refractivity (Wildman–Crippen MR) is 68.7 cm³/mol. The zero-order chi connectivity index (χ0) is 13.9. The summed E-state index contributed by atoms with van der Waals surface area (Å²) in [5.41, 5.74) is 5.68. The van der Waals surface area contributed by atoms with Crippen LogP contribution < -0.4 is 5.73 Å². The van der Waals surface area contributed by atoms with Gasteiger partial charge in [0.15, 0.2) is 0 Å². The SMILES string of the molecule is CC1(/C(N)=N/O)CCN(C(=O)c2cnccn2)CC1. The Bertz CT molecular complexity index is 480. The first kappa shape index (κ1) is 13.3. The van der Waals surface area contributed by atoms with E-state index in [-0.39, 0.29) is 17.2 Å². The molecule has 0 aromatic carbocycles. The monoisotopic (exact) mass is 263 g/mol. The molecule has 1 aliphatic heterocycles. The second-order valence-corrected chi connectivity index (χ2v) is 4.93. The van der Waals surface area contributed by atoms with Crippen molar-refractivity contribution >= 4 is 11.7 Å². The van der Waals surface area contributed by atoms with Gasteiger partial charge >= 0.3 is 0 Å². The summed E-state index contributed by atoms with van der Waals surface area (Å²) in [4.78, 5) is 21.8. The number of hydrogen-bond acceptors (Lipinski definition) is 5. The maximum atomic E-state index is 12.2. The lowest BCUT2D eigenvalue weighted by molar-refractivity contribution is 0.0660. The third-order valence-electron chi connectivity index (χ3n) is 3.66. The highest BCUT2D eigenvalue weighted by Crippen LogP contribution is 2.31. The minimum Gasteiger partial charge on any atom is -0.409 e. The van der Waals surface area contributed by atoms with E-state index in [0.29, 0.717) is 31.6 Å². The Morgan fingerprint density at radius 2 is 2.16 bits per heavy atom. The van der Waals surface area contributed by atoms with Gasteiger partial charge < -0.3 is 15.8 Å². The molecule has 1 aliphatic rings. The maximum Gasteiger partial charge on any atom is 0.274 e. The lowest BCUT2D eigenvalue weighted by Gasteiger charge is -2.38. The van der Waals surface area contributed by atoms with Gasteiger partial charge in [-0.15, -0.1) is 0 Å². The van der Waals surface area contributed by atoms with Gasteiger partial charge in [-0.3, -0.25) is 9.78 Å². The Labute approximate surface area is 111 Å². The van der Waals surface area contributed by atoms with E-state index in [9.17, 15) is 4.79 Å². The van der Waals surface area contributed by atoms with Crippen molar-refractivity contribution in [1.29, 1.82) is 0 Å². The zero-order valence-corrected chi connectivity index (χ0v) is 10.8. The van der Waals surface area contributed by atoms with Crippen molar-refractivity contribution in [3.63, 3.8) is 0 Å². The second-order valence-electron chi connectivity index (χ2n) is 4.93. The van der Waals surface area contributed by atoms with Crippen molar-refractivity contribution in [3.05, 3.63) is 24.3 Å². The fourth-order valence-electron chi connectivity index (χ4n) is 2.15. The van der Waals surface area contributed by atoms with Crippen LogP contribution in [0.1, 0.15) is 30.3 Å². The van der Waals surface area contributed by atoms with Gasteiger partial charge in [-0.25, -0.2) is 4.98 Å². The number of likely N-dealkylation sites (tertiary alicyclic amines) is 1. The molecular formula is C12H17N5O2. The van der Waals surface area contributed by atoms with Gasteiger partial charge in [-0.05, 0) is 12.8 Å². The number of carbonyl (C=O) groups is 1. The highest BCUT2D eigenvalue weighted by Gasteiger charge is 2.36. The molecule has 0 aliphatic carbocycles. The number of piperidine rings is 1. The number of amidine groups is 1. The molecule has 0 radical (unpaired) electrons. The standard InChI is InChI=1S/C12H17N5O2/c1-12(11(13)16-19)2-6-17(7-3-12)10(18)9-8-14-4-5-15-9/h4-5,8,19H,2-3,6-7H2,1H3,(H2,13,16). The summed E-state index contributed by atoms with van der Waals surface area (Å²) in [5, 5.41) is 11.9. The van der Waals surface area contributed by atoms with Crippen LogP contribution >= 0.6 is 0 Å². The summed E-state index contributed by atoms with van der Waals surface area (Å²) in [6, 6.07) is 0. The number of amides is 1. The van der Waals surface area contributed by atoms with Crippen molar-refractivity contribution in [2.24, 2.45) is 16.3 Å². The van der Waals surface area contributed by atoms with Crippen molar-refractivity contribution in [3.8, 4) is 0 Å². The molecule has 0 bridgehead atoms. The molecule has 7 heteroatoms. The van der Waals surface area contributed by atoms with Crippen molar-refractivity contribution in [2.45, 2.75) is 19.8 Å². The van der Waals surface area contributed by atoms with Crippen LogP contribution in [-0.4, -0.2) is 44.9 Å². The predicted octanol–water partition coefficient (Wildman–Crippen LogP) is 0.465. The Balaban J connectivity index is 2.03. The Kier molecular flexibility index (Phi) is 3.64. The molecule has 7 nitrogen and oxygen atoms in total. The Hall–Kier alpha value is -2.18. The summed E-state index contributed by atoms with van der Waals surface area (Å²) in [6.07, 6.45) is 5.81. The molecule has 2 rings (SSSR count). The van der Waals surface area contributed by atoms with Crippen LogP contribution in [0.2, 0.25) is 0 Å². The molecule has 1 aromatic heterocycles. The molecule has 19 heavy (non-hydrogen) atoms. The lowest BCUT2D eigenvalue weighted by Crippen LogP contribution is -2.47. The topological polar surface area (TPSA) is 105 Å². The quantitative estimate of drug-likeness (QED) is 0.349. The van der Waals surface area contributed by atoms with Crippen LogP contribution in [0, 0.1) is 5.41 Å². The van der Waals surface area contributed by atoms with Crippen molar-refractivity contribution < 1.29 is 10.0 Å². The van der Waals surface area contributed by atoms with Crippen molar-refractivity contribution in [1.82, 2.24) is 14.9 Å². The molecular weight excluding hydrogens is 246 g/mol. The van der Waals surface area contributed by atoms with Gasteiger partial charge in [0.2, 0.25) is 0 Å². The normalized spacial score (nSPS) is 19.2. The van der Waals surface area contributed by atoms with Crippen LogP contribution in [0.15, 0.2) is 23.7 Å². The van der Waals surface area contributed by atoms with E-state index in [1.807, 2.05) is 6.92 Å². The maximum absolute atomic E-state index is 12.2.